The second-order valence-corrected chi connectivity index (χ2v) is 6.30. The maximum Gasteiger partial charge on any atom is 0.261 e. The van der Waals surface area contributed by atoms with E-state index in [2.05, 4.69) is 20.6 Å². The molecule has 3 rings (SSSR count). The molecule has 0 bridgehead atoms. The summed E-state index contributed by atoms with van der Waals surface area (Å²) >= 11 is 7.74. The van der Waals surface area contributed by atoms with Crippen LogP contribution in [0.4, 0.5) is 5.69 Å². The Bertz CT molecular complexity index is 742. The van der Waals surface area contributed by atoms with Gasteiger partial charge in [-0.2, -0.15) is 13.4 Å². The van der Waals surface area contributed by atoms with E-state index in [1.807, 2.05) is 22.9 Å². The van der Waals surface area contributed by atoms with Gasteiger partial charge in [-0.05, 0) is 6.07 Å². The van der Waals surface area contributed by atoms with Crippen molar-refractivity contribution in [3.63, 3.8) is 0 Å². The van der Waals surface area contributed by atoms with Crippen molar-refractivity contribution in [1.82, 2.24) is 13.4 Å². The molecule has 1 aliphatic rings. The van der Waals surface area contributed by atoms with E-state index >= 15 is 0 Å². The number of furan rings is 1. The molecule has 0 fully saturated rings. The Kier molecular flexibility index (Phi) is 4.87. The molecule has 23 heavy (non-hydrogen) atoms. The third-order valence-corrected chi connectivity index (χ3v) is 4.28. The van der Waals surface area contributed by atoms with E-state index in [0.29, 0.717) is 41.7 Å². The van der Waals surface area contributed by atoms with Gasteiger partial charge in [-0.15, -0.1) is 0 Å². The average Bonchev–Trinajstić information content (AvgIpc) is 3.21. The lowest BCUT2D eigenvalue weighted by molar-refractivity contribution is -0.126. The van der Waals surface area contributed by atoms with Gasteiger partial charge < -0.3 is 15.5 Å². The van der Waals surface area contributed by atoms with Crippen molar-refractivity contribution in [3.8, 4) is 0 Å². The second kappa shape index (κ2) is 6.89. The minimum absolute atomic E-state index is 0.118. The zero-order valence-corrected chi connectivity index (χ0v) is 14.8. The monoisotopic (exact) mass is 448 g/mol. The van der Waals surface area contributed by atoms with E-state index in [1.165, 1.54) is 9.49 Å². The van der Waals surface area contributed by atoms with Gasteiger partial charge in [0, 0.05) is 19.5 Å². The molecule has 2 aromatic rings. The van der Waals surface area contributed by atoms with E-state index < -0.39 is 5.92 Å². The summed E-state index contributed by atoms with van der Waals surface area (Å²) in [5.41, 5.74) is 7.55. The first-order valence-electron chi connectivity index (χ1n) is 6.89. The largest absolute Gasteiger partial charge is 0.468 e. The number of nitrogens with one attached hydrogen (secondary N) is 2. The van der Waals surface area contributed by atoms with Crippen LogP contribution in [0.3, 0.4) is 0 Å². The molecule has 0 radical (unpaired) electrons. The van der Waals surface area contributed by atoms with Crippen molar-refractivity contribution in [3.05, 3.63) is 35.0 Å². The van der Waals surface area contributed by atoms with Gasteiger partial charge in [0.15, 0.2) is 0 Å². The molecule has 0 aromatic carbocycles. The standard InChI is InChI=1S/C13H14ClIN6O2/c14-7-3-8(23-6-7)4-9-11(20-21(15)13(9)22)12-10(5-18-19-12)17-2-1-16/h3,5-6,9,17H,1-2,4,16H2,(H,18,19). The number of hydrogen-bond acceptors (Lipinski definition) is 6. The molecule has 10 heteroatoms. The SMILES string of the molecule is NCCNc1cn[nH]c1C1=NN(I)C(=O)C1Cc1cc(Cl)co1. The van der Waals surface area contributed by atoms with E-state index in [4.69, 9.17) is 21.8 Å². The fraction of sp³-hybridized carbons (Fsp3) is 0.308. The van der Waals surface area contributed by atoms with Crippen molar-refractivity contribution in [2.75, 3.05) is 18.4 Å². The van der Waals surface area contributed by atoms with E-state index in [9.17, 15) is 4.79 Å². The van der Waals surface area contributed by atoms with E-state index in [0.717, 1.165) is 5.69 Å². The first-order chi connectivity index (χ1) is 11.1. The van der Waals surface area contributed by atoms with Crippen molar-refractivity contribution < 1.29 is 9.21 Å². The highest BCUT2D eigenvalue weighted by molar-refractivity contribution is 14.1. The van der Waals surface area contributed by atoms with Crippen LogP contribution in [0.15, 0.2) is 28.0 Å². The predicted octanol–water partition coefficient (Wildman–Crippen LogP) is 1.78. The first-order valence-corrected chi connectivity index (χ1v) is 8.23. The number of carbonyl (C=O) groups excluding carboxylic acids is 1. The molecule has 1 unspecified atom stereocenters. The van der Waals surface area contributed by atoms with Crippen LogP contribution in [0, 0.1) is 5.92 Å². The van der Waals surface area contributed by atoms with Crippen LogP contribution >= 0.6 is 34.5 Å². The summed E-state index contributed by atoms with van der Waals surface area (Å²) in [6.45, 7) is 1.09. The average molecular weight is 449 g/mol. The number of aromatic amines is 1. The Morgan fingerprint density at radius 2 is 2.39 bits per heavy atom. The molecule has 0 aliphatic carbocycles. The molecule has 8 nitrogen and oxygen atoms in total. The topological polar surface area (TPSA) is 113 Å². The highest BCUT2D eigenvalue weighted by Gasteiger charge is 2.38. The van der Waals surface area contributed by atoms with Crippen LogP contribution in [0.25, 0.3) is 0 Å². The summed E-state index contributed by atoms with van der Waals surface area (Å²) in [5.74, 6) is 0.0456. The van der Waals surface area contributed by atoms with Crippen molar-refractivity contribution in [2.45, 2.75) is 6.42 Å². The van der Waals surface area contributed by atoms with Crippen LogP contribution in [0.5, 0.6) is 0 Å². The summed E-state index contributed by atoms with van der Waals surface area (Å²) in [4.78, 5) is 12.4. The number of hydrogen-bond donors (Lipinski definition) is 3. The van der Waals surface area contributed by atoms with Gasteiger partial charge >= 0.3 is 0 Å². The number of nitrogens with zero attached hydrogens (tertiary/aromatic N) is 3. The Balaban J connectivity index is 1.88. The number of H-pyrrole nitrogens is 1. The minimum atomic E-state index is -0.465. The summed E-state index contributed by atoms with van der Waals surface area (Å²) in [6, 6.07) is 1.70. The van der Waals surface area contributed by atoms with Crippen LogP contribution in [0.2, 0.25) is 5.02 Å². The maximum absolute atomic E-state index is 12.4. The Morgan fingerprint density at radius 3 is 3.09 bits per heavy atom. The molecular formula is C13H14ClIN6O2. The van der Waals surface area contributed by atoms with Gasteiger partial charge in [0.05, 0.1) is 45.7 Å². The van der Waals surface area contributed by atoms with Crippen LogP contribution in [0.1, 0.15) is 11.5 Å². The molecule has 1 aliphatic heterocycles. The normalized spacial score (nSPS) is 17.7. The Hall–Kier alpha value is -1.59. The number of aromatic nitrogens is 2. The highest BCUT2D eigenvalue weighted by Crippen LogP contribution is 2.29. The molecule has 1 amide bonds. The lowest BCUT2D eigenvalue weighted by atomic mass is 9.95. The molecule has 2 aromatic heterocycles. The molecule has 3 heterocycles. The lowest BCUT2D eigenvalue weighted by Crippen LogP contribution is -2.25. The molecule has 0 saturated heterocycles. The summed E-state index contributed by atoms with van der Waals surface area (Å²) in [5, 5.41) is 14.9. The number of rotatable bonds is 6. The quantitative estimate of drug-likeness (QED) is 0.461. The van der Waals surface area contributed by atoms with Gasteiger partial charge in [0.25, 0.3) is 5.91 Å². The fourth-order valence-corrected chi connectivity index (χ4v) is 3.09. The van der Waals surface area contributed by atoms with Crippen LogP contribution < -0.4 is 11.1 Å². The number of anilines is 1. The number of hydrazone groups is 1. The van der Waals surface area contributed by atoms with Crippen molar-refractivity contribution in [2.24, 2.45) is 16.8 Å². The molecule has 0 spiro atoms. The van der Waals surface area contributed by atoms with Gasteiger partial charge in [-0.1, -0.05) is 11.6 Å². The van der Waals surface area contributed by atoms with Crippen LogP contribution in [-0.4, -0.2) is 38.1 Å². The molecule has 122 valence electrons. The summed E-state index contributed by atoms with van der Waals surface area (Å²) in [7, 11) is 0. The maximum atomic E-state index is 12.4. The van der Waals surface area contributed by atoms with Crippen LogP contribution in [-0.2, 0) is 11.2 Å². The van der Waals surface area contributed by atoms with E-state index in [1.54, 1.807) is 12.3 Å². The van der Waals surface area contributed by atoms with Crippen molar-refractivity contribution in [1.29, 1.82) is 0 Å². The van der Waals surface area contributed by atoms with E-state index in [-0.39, 0.29) is 5.91 Å². The number of carbonyl (C=O) groups is 1. The smallest absolute Gasteiger partial charge is 0.261 e. The molecule has 4 N–H and O–H groups in total. The molecular weight excluding hydrogens is 435 g/mol. The number of nitrogens with two attached hydrogens (primary N) is 1. The fourth-order valence-electron chi connectivity index (χ4n) is 2.35. The zero-order chi connectivity index (χ0) is 16.4. The van der Waals surface area contributed by atoms with Gasteiger partial charge in [-0.25, -0.2) is 0 Å². The second-order valence-electron chi connectivity index (χ2n) is 4.95. The Morgan fingerprint density at radius 1 is 1.57 bits per heavy atom. The van der Waals surface area contributed by atoms with Gasteiger partial charge in [-0.3, -0.25) is 9.89 Å². The predicted molar refractivity (Wildman–Crippen MR) is 94.4 cm³/mol. The minimum Gasteiger partial charge on any atom is -0.468 e. The number of halogens is 2. The van der Waals surface area contributed by atoms with Gasteiger partial charge in [0.1, 0.15) is 23.4 Å². The highest BCUT2D eigenvalue weighted by atomic mass is 127. The molecule has 1 atom stereocenters. The summed E-state index contributed by atoms with van der Waals surface area (Å²) < 4.78 is 6.65. The zero-order valence-electron chi connectivity index (χ0n) is 11.9. The van der Waals surface area contributed by atoms with Crippen molar-refractivity contribution >= 4 is 51.8 Å². The molecule has 0 saturated carbocycles. The van der Waals surface area contributed by atoms with Gasteiger partial charge in [0.2, 0.25) is 0 Å². The number of amides is 1. The summed E-state index contributed by atoms with van der Waals surface area (Å²) in [6.07, 6.45) is 3.47. The third-order valence-electron chi connectivity index (χ3n) is 3.39. The Labute approximate surface area is 150 Å². The first kappa shape index (κ1) is 16.3. The third kappa shape index (κ3) is 3.35. The lowest BCUT2D eigenvalue weighted by Gasteiger charge is -2.10.